The average Bonchev–Trinajstić information content (AvgIpc) is 3.19. The van der Waals surface area contributed by atoms with E-state index >= 15 is 0 Å². The lowest BCUT2D eigenvalue weighted by molar-refractivity contribution is -0.124. The molecule has 0 saturated carbocycles. The van der Waals surface area contributed by atoms with E-state index in [4.69, 9.17) is 0 Å². The summed E-state index contributed by atoms with van der Waals surface area (Å²) >= 11 is 1.68. The molecule has 0 fully saturated rings. The fourth-order valence-corrected chi connectivity index (χ4v) is 3.89. The molecule has 0 spiro atoms. The van der Waals surface area contributed by atoms with Gasteiger partial charge < -0.3 is 5.32 Å². The van der Waals surface area contributed by atoms with E-state index in [1.807, 2.05) is 39.1 Å². The second-order valence-corrected chi connectivity index (χ2v) is 8.25. The van der Waals surface area contributed by atoms with Crippen molar-refractivity contribution in [2.75, 3.05) is 6.54 Å². The molecular weight excluding hydrogens is 382 g/mol. The van der Waals surface area contributed by atoms with E-state index in [1.54, 1.807) is 23.7 Å². The lowest BCUT2D eigenvalue weighted by Gasteiger charge is -2.10. The number of amides is 1. The van der Waals surface area contributed by atoms with Crippen LogP contribution in [0.4, 0.5) is 0 Å². The van der Waals surface area contributed by atoms with E-state index in [0.29, 0.717) is 13.0 Å². The van der Waals surface area contributed by atoms with E-state index in [-0.39, 0.29) is 11.8 Å². The van der Waals surface area contributed by atoms with Gasteiger partial charge in [0.2, 0.25) is 5.91 Å². The van der Waals surface area contributed by atoms with Gasteiger partial charge in [0, 0.05) is 43.2 Å². The Bertz CT molecular complexity index is 941. The van der Waals surface area contributed by atoms with Crippen molar-refractivity contribution in [2.24, 2.45) is 5.92 Å². The molecule has 3 aromatic heterocycles. The second-order valence-electron chi connectivity index (χ2n) is 7.13. The number of aromatic nitrogens is 4. The van der Waals surface area contributed by atoms with Crippen LogP contribution in [-0.2, 0) is 17.6 Å². The molecule has 0 unspecified atom stereocenters. The lowest BCUT2D eigenvalue weighted by atomic mass is 10.1. The highest BCUT2D eigenvalue weighted by atomic mass is 32.1. The van der Waals surface area contributed by atoms with Gasteiger partial charge in [-0.1, -0.05) is 13.8 Å². The summed E-state index contributed by atoms with van der Waals surface area (Å²) in [4.78, 5) is 30.7. The molecule has 6 nitrogen and oxygen atoms in total. The quantitative estimate of drug-likeness (QED) is 0.541. The smallest absolute Gasteiger partial charge is 0.222 e. The SMILES string of the molecule is CC[C@@H](C)C(=O)NCCCc1cc(Cc2ncc(-c3ccncc3)s2)nc(C)n1. The van der Waals surface area contributed by atoms with Gasteiger partial charge in [0.15, 0.2) is 0 Å². The van der Waals surface area contributed by atoms with Gasteiger partial charge in [-0.05, 0) is 49.9 Å². The van der Waals surface area contributed by atoms with Crippen molar-refractivity contribution in [3.8, 4) is 10.4 Å². The van der Waals surface area contributed by atoms with Gasteiger partial charge >= 0.3 is 0 Å². The number of hydrogen-bond donors (Lipinski definition) is 1. The van der Waals surface area contributed by atoms with Gasteiger partial charge in [-0.25, -0.2) is 15.0 Å². The molecule has 0 aromatic carbocycles. The number of thiazole rings is 1. The molecule has 1 N–H and O–H groups in total. The highest BCUT2D eigenvalue weighted by Gasteiger charge is 2.10. The van der Waals surface area contributed by atoms with Crippen LogP contribution in [0.1, 0.15) is 48.9 Å². The fraction of sp³-hybridized carbons (Fsp3) is 0.409. The van der Waals surface area contributed by atoms with Crippen molar-refractivity contribution in [1.82, 2.24) is 25.3 Å². The first kappa shape index (κ1) is 21.0. The lowest BCUT2D eigenvalue weighted by Crippen LogP contribution is -2.29. The first-order chi connectivity index (χ1) is 14.0. The third kappa shape index (κ3) is 6.15. The summed E-state index contributed by atoms with van der Waals surface area (Å²) in [5.74, 6) is 0.964. The van der Waals surface area contributed by atoms with Gasteiger partial charge in [0.25, 0.3) is 0 Å². The third-order valence-corrected chi connectivity index (χ3v) is 5.81. The summed E-state index contributed by atoms with van der Waals surface area (Å²) in [5, 5.41) is 4.03. The number of nitrogens with zero attached hydrogens (tertiary/aromatic N) is 4. The predicted molar refractivity (Wildman–Crippen MR) is 116 cm³/mol. The van der Waals surface area contributed by atoms with E-state index in [1.165, 1.54) is 0 Å². The van der Waals surface area contributed by atoms with Crippen LogP contribution in [0.25, 0.3) is 10.4 Å². The van der Waals surface area contributed by atoms with Gasteiger partial charge in [0.05, 0.1) is 15.6 Å². The van der Waals surface area contributed by atoms with E-state index < -0.39 is 0 Å². The molecule has 29 heavy (non-hydrogen) atoms. The number of carbonyl (C=O) groups is 1. The average molecular weight is 410 g/mol. The maximum atomic E-state index is 11.9. The standard InChI is InChI=1S/C22H27N5OS/c1-4-15(2)22(28)24-9-5-6-18-12-19(27-16(3)26-18)13-21-25-14-20(29-21)17-7-10-23-11-8-17/h7-8,10-12,14-15H,4-6,9,13H2,1-3H3,(H,24,28)/t15-/m1/s1. The zero-order valence-electron chi connectivity index (χ0n) is 17.2. The second kappa shape index (κ2) is 10.2. The molecule has 3 heterocycles. The van der Waals surface area contributed by atoms with Crippen LogP contribution in [0, 0.1) is 12.8 Å². The largest absolute Gasteiger partial charge is 0.356 e. The van der Waals surface area contributed by atoms with Gasteiger partial charge in [-0.2, -0.15) is 0 Å². The molecule has 0 aliphatic carbocycles. The summed E-state index contributed by atoms with van der Waals surface area (Å²) in [6, 6.07) is 6.03. The normalized spacial score (nSPS) is 12.0. The Morgan fingerprint density at radius 2 is 1.97 bits per heavy atom. The molecule has 0 aliphatic heterocycles. The summed E-state index contributed by atoms with van der Waals surface area (Å²) in [5.41, 5.74) is 3.12. The van der Waals surface area contributed by atoms with Crippen molar-refractivity contribution >= 4 is 17.2 Å². The summed E-state index contributed by atoms with van der Waals surface area (Å²) < 4.78 is 0. The molecule has 0 bridgehead atoms. The first-order valence-electron chi connectivity index (χ1n) is 10.0. The molecule has 7 heteroatoms. The number of nitrogens with one attached hydrogen (secondary N) is 1. The van der Waals surface area contributed by atoms with Crippen molar-refractivity contribution in [1.29, 1.82) is 0 Å². The van der Waals surface area contributed by atoms with Crippen LogP contribution >= 0.6 is 11.3 Å². The highest BCUT2D eigenvalue weighted by Crippen LogP contribution is 2.26. The van der Waals surface area contributed by atoms with Crippen molar-refractivity contribution in [2.45, 2.75) is 46.5 Å². The summed E-state index contributed by atoms with van der Waals surface area (Å²) in [7, 11) is 0. The van der Waals surface area contributed by atoms with E-state index in [0.717, 1.165) is 51.9 Å². The van der Waals surface area contributed by atoms with Crippen LogP contribution in [0.2, 0.25) is 0 Å². The molecule has 0 saturated heterocycles. The molecular formula is C22H27N5OS. The summed E-state index contributed by atoms with van der Waals surface area (Å²) in [6.07, 6.45) is 8.72. The third-order valence-electron chi connectivity index (χ3n) is 4.76. The minimum absolute atomic E-state index is 0.0678. The van der Waals surface area contributed by atoms with Crippen LogP contribution in [0.3, 0.4) is 0 Å². The van der Waals surface area contributed by atoms with Crippen molar-refractivity contribution < 1.29 is 4.79 Å². The topological polar surface area (TPSA) is 80.7 Å². The minimum atomic E-state index is 0.0678. The van der Waals surface area contributed by atoms with Crippen LogP contribution < -0.4 is 5.32 Å². The predicted octanol–water partition coefficient (Wildman–Crippen LogP) is 3.99. The Morgan fingerprint density at radius 1 is 1.21 bits per heavy atom. The first-order valence-corrected chi connectivity index (χ1v) is 10.8. The van der Waals surface area contributed by atoms with Gasteiger partial charge in [-0.15, -0.1) is 11.3 Å². The maximum Gasteiger partial charge on any atom is 0.222 e. The molecule has 0 aliphatic rings. The van der Waals surface area contributed by atoms with Crippen LogP contribution in [0.15, 0.2) is 36.8 Å². The van der Waals surface area contributed by atoms with E-state index in [9.17, 15) is 4.79 Å². The molecule has 1 amide bonds. The highest BCUT2D eigenvalue weighted by molar-refractivity contribution is 7.15. The van der Waals surface area contributed by atoms with E-state index in [2.05, 4.69) is 31.3 Å². The Balaban J connectivity index is 1.58. The number of rotatable bonds is 9. The van der Waals surface area contributed by atoms with Crippen molar-refractivity contribution in [3.63, 3.8) is 0 Å². The zero-order chi connectivity index (χ0) is 20.6. The van der Waals surface area contributed by atoms with Crippen LogP contribution in [-0.4, -0.2) is 32.4 Å². The summed E-state index contributed by atoms with van der Waals surface area (Å²) in [6.45, 7) is 6.57. The molecule has 152 valence electrons. The van der Waals surface area contributed by atoms with Crippen molar-refractivity contribution in [3.05, 3.63) is 59.0 Å². The Labute approximate surface area is 175 Å². The maximum absolute atomic E-state index is 11.9. The molecule has 1 atom stereocenters. The monoisotopic (exact) mass is 409 g/mol. The molecule has 0 radical (unpaired) electrons. The van der Waals surface area contributed by atoms with Gasteiger partial charge in [-0.3, -0.25) is 9.78 Å². The number of carbonyl (C=O) groups excluding carboxylic acids is 1. The van der Waals surface area contributed by atoms with Crippen LogP contribution in [0.5, 0.6) is 0 Å². The number of aryl methyl sites for hydroxylation is 2. The zero-order valence-corrected chi connectivity index (χ0v) is 18.0. The van der Waals surface area contributed by atoms with Gasteiger partial charge in [0.1, 0.15) is 5.82 Å². The Kier molecular flexibility index (Phi) is 7.41. The Hall–Kier alpha value is -2.67. The fourth-order valence-electron chi connectivity index (χ4n) is 2.95. The minimum Gasteiger partial charge on any atom is -0.356 e. The molecule has 3 rings (SSSR count). The number of hydrogen-bond acceptors (Lipinski definition) is 6. The molecule has 3 aromatic rings. The Morgan fingerprint density at radius 3 is 2.72 bits per heavy atom. The number of pyridine rings is 1.